The Balaban J connectivity index is 2.62. The number of carbonyl (C=O) groups excluding carboxylic acids is 1. The van der Waals surface area contributed by atoms with E-state index in [1.807, 2.05) is 24.3 Å². The van der Waals surface area contributed by atoms with Crippen LogP contribution in [-0.4, -0.2) is 10.9 Å². The molecule has 1 amide bonds. The van der Waals surface area contributed by atoms with Crippen LogP contribution in [0.4, 0.5) is 0 Å². The number of nitrogens with one attached hydrogen (secondary N) is 1. The summed E-state index contributed by atoms with van der Waals surface area (Å²) in [5, 5.41) is 4.71. The first-order chi connectivity index (χ1) is 6.81. The van der Waals surface area contributed by atoms with Crippen molar-refractivity contribution in [3.63, 3.8) is 0 Å². The van der Waals surface area contributed by atoms with Crippen LogP contribution in [0.1, 0.15) is 10.5 Å². The van der Waals surface area contributed by atoms with E-state index in [0.29, 0.717) is 0 Å². The lowest BCUT2D eigenvalue weighted by Crippen LogP contribution is -1.96. The van der Waals surface area contributed by atoms with Crippen molar-refractivity contribution in [3.05, 3.63) is 42.2 Å². The molecule has 0 atom stereocenters. The molecule has 0 aliphatic rings. The molecule has 14 heavy (non-hydrogen) atoms. The number of hydrogen-bond acceptors (Lipinski definition) is 3. The number of amides is 1. The molecule has 1 heterocycles. The normalized spacial score (nSPS) is 10.0. The monoisotopic (exact) mass is 185 g/mol. The summed E-state index contributed by atoms with van der Waals surface area (Å²) in [4.78, 5) is 15.0. The van der Waals surface area contributed by atoms with E-state index in [1.54, 1.807) is 12.3 Å². The van der Waals surface area contributed by atoms with Gasteiger partial charge in [-0.1, -0.05) is 24.3 Å². The Hall–Kier alpha value is -2.10. The summed E-state index contributed by atoms with van der Waals surface area (Å²) in [6.07, 6.45) is 1.60. The molecule has 0 saturated heterocycles. The molecule has 0 radical (unpaired) electrons. The predicted molar refractivity (Wildman–Crippen MR) is 51.2 cm³/mol. The number of hydrogen-bond donors (Lipinski definition) is 1. The Morgan fingerprint density at radius 2 is 2.00 bits per heavy atom. The molecule has 4 nitrogen and oxygen atoms in total. The molecule has 0 unspecified atom stereocenters. The van der Waals surface area contributed by atoms with E-state index in [4.69, 9.17) is 5.53 Å². The van der Waals surface area contributed by atoms with Gasteiger partial charge in [0.25, 0.3) is 0 Å². The van der Waals surface area contributed by atoms with Gasteiger partial charge in [0.2, 0.25) is 0 Å². The molecule has 1 aromatic heterocycles. The number of aromatic nitrogens is 1. The van der Waals surface area contributed by atoms with Gasteiger partial charge in [0.05, 0.1) is 0 Å². The van der Waals surface area contributed by atoms with Gasteiger partial charge in [0.1, 0.15) is 5.69 Å². The van der Waals surface area contributed by atoms with Gasteiger partial charge in [-0.15, -0.1) is 5.11 Å². The summed E-state index contributed by atoms with van der Waals surface area (Å²) >= 11 is 0. The summed E-state index contributed by atoms with van der Waals surface area (Å²) in [6.45, 7) is 0. The molecule has 0 saturated carbocycles. The minimum Gasteiger partial charge on any atom is -0.263 e. The van der Waals surface area contributed by atoms with E-state index in [2.05, 4.69) is 10.1 Å². The minimum absolute atomic E-state index is 0.207. The zero-order chi connectivity index (χ0) is 9.97. The van der Waals surface area contributed by atoms with E-state index in [1.165, 1.54) is 0 Å². The lowest BCUT2D eigenvalue weighted by Gasteiger charge is -1.97. The summed E-state index contributed by atoms with van der Waals surface area (Å²) in [7, 11) is 0. The second kappa shape index (κ2) is 3.33. The molecule has 4 heteroatoms. The van der Waals surface area contributed by atoms with Crippen LogP contribution in [0.25, 0.3) is 10.8 Å². The molecule has 0 aliphatic heterocycles. The first kappa shape index (κ1) is 8.50. The Morgan fingerprint density at radius 3 is 2.71 bits per heavy atom. The molecule has 68 valence electrons. The quantitative estimate of drug-likeness (QED) is 0.693. The highest BCUT2D eigenvalue weighted by Gasteiger charge is 2.05. The largest absolute Gasteiger partial charge is 0.313 e. The van der Waals surface area contributed by atoms with Gasteiger partial charge >= 0.3 is 5.91 Å². The zero-order valence-corrected chi connectivity index (χ0v) is 7.27. The molecule has 1 aromatic carbocycles. The van der Waals surface area contributed by atoms with Crippen LogP contribution < -0.4 is 0 Å². The van der Waals surface area contributed by atoms with Crippen LogP contribution in [0.5, 0.6) is 0 Å². The van der Waals surface area contributed by atoms with Crippen molar-refractivity contribution < 1.29 is 4.79 Å². The van der Waals surface area contributed by atoms with Crippen molar-refractivity contribution in [3.8, 4) is 0 Å². The molecule has 2 rings (SSSR count). The molecule has 0 fully saturated rings. The molecule has 1 N–H and O–H groups in total. The summed E-state index contributed by atoms with van der Waals surface area (Å²) in [5.41, 5.74) is 6.80. The van der Waals surface area contributed by atoms with Crippen molar-refractivity contribution in [2.24, 2.45) is 5.11 Å². The smallest absolute Gasteiger partial charge is 0.263 e. The van der Waals surface area contributed by atoms with Crippen molar-refractivity contribution in [1.29, 1.82) is 5.53 Å². The lowest BCUT2D eigenvalue weighted by atomic mass is 10.1. The fourth-order valence-electron chi connectivity index (χ4n) is 1.26. The Bertz CT molecular complexity index is 507. The number of pyridine rings is 1. The molecular formula is C10H7N3O. The maximum absolute atomic E-state index is 11.0. The number of rotatable bonds is 1. The Morgan fingerprint density at radius 1 is 1.29 bits per heavy atom. The SMILES string of the molecule is N=NC(=O)c1cc2ccccc2cn1. The van der Waals surface area contributed by atoms with E-state index in [9.17, 15) is 4.79 Å². The fraction of sp³-hybridized carbons (Fsp3) is 0. The van der Waals surface area contributed by atoms with E-state index < -0.39 is 5.91 Å². The highest BCUT2D eigenvalue weighted by Crippen LogP contribution is 2.13. The number of benzene rings is 1. The third kappa shape index (κ3) is 1.37. The second-order valence-electron chi connectivity index (χ2n) is 2.83. The van der Waals surface area contributed by atoms with Crippen LogP contribution in [0.15, 0.2) is 41.6 Å². The molecule has 0 aliphatic carbocycles. The molecule has 0 spiro atoms. The topological polar surface area (TPSA) is 66.2 Å². The highest BCUT2D eigenvalue weighted by molar-refractivity contribution is 5.96. The first-order valence-corrected chi connectivity index (χ1v) is 4.08. The standard InChI is InChI=1S/C10H7N3O/c11-13-10(14)9-5-7-3-1-2-4-8(7)6-12-9/h1-6,11H. The number of fused-ring (bicyclic) bond motifs is 1. The van der Waals surface area contributed by atoms with Crippen LogP contribution >= 0.6 is 0 Å². The van der Waals surface area contributed by atoms with Gasteiger partial charge in [0.15, 0.2) is 0 Å². The first-order valence-electron chi connectivity index (χ1n) is 4.08. The van der Waals surface area contributed by atoms with Crippen molar-refractivity contribution in [2.45, 2.75) is 0 Å². The van der Waals surface area contributed by atoms with Crippen LogP contribution in [0.2, 0.25) is 0 Å². The summed E-state index contributed by atoms with van der Waals surface area (Å²) in [6, 6.07) is 9.22. The van der Waals surface area contributed by atoms with E-state index in [-0.39, 0.29) is 5.69 Å². The third-order valence-corrected chi connectivity index (χ3v) is 1.95. The lowest BCUT2D eigenvalue weighted by molar-refractivity contribution is 0.0986. The second-order valence-corrected chi connectivity index (χ2v) is 2.83. The number of carbonyl (C=O) groups is 1. The summed E-state index contributed by atoms with van der Waals surface area (Å²) in [5.74, 6) is -0.615. The van der Waals surface area contributed by atoms with Crippen LogP contribution in [-0.2, 0) is 0 Å². The van der Waals surface area contributed by atoms with Gasteiger partial charge in [-0.2, -0.15) is 0 Å². The maximum Gasteiger partial charge on any atom is 0.313 e. The van der Waals surface area contributed by atoms with Gasteiger partial charge in [0, 0.05) is 11.6 Å². The predicted octanol–water partition coefficient (Wildman–Crippen LogP) is 2.41. The average molecular weight is 185 g/mol. The fourth-order valence-corrected chi connectivity index (χ4v) is 1.26. The average Bonchev–Trinajstić information content (AvgIpc) is 2.27. The Kier molecular flexibility index (Phi) is 2.02. The van der Waals surface area contributed by atoms with Gasteiger partial charge in [-0.25, -0.2) is 5.53 Å². The Labute approximate surface area is 80.1 Å². The van der Waals surface area contributed by atoms with Gasteiger partial charge in [-0.3, -0.25) is 9.78 Å². The molecular weight excluding hydrogens is 178 g/mol. The van der Waals surface area contributed by atoms with E-state index >= 15 is 0 Å². The van der Waals surface area contributed by atoms with Crippen LogP contribution in [0, 0.1) is 5.53 Å². The molecule has 0 bridgehead atoms. The van der Waals surface area contributed by atoms with Crippen molar-refractivity contribution in [2.75, 3.05) is 0 Å². The van der Waals surface area contributed by atoms with Gasteiger partial charge in [-0.05, 0) is 11.5 Å². The third-order valence-electron chi connectivity index (χ3n) is 1.95. The zero-order valence-electron chi connectivity index (χ0n) is 7.27. The van der Waals surface area contributed by atoms with Crippen molar-refractivity contribution in [1.82, 2.24) is 4.98 Å². The van der Waals surface area contributed by atoms with E-state index in [0.717, 1.165) is 10.8 Å². The minimum atomic E-state index is -0.615. The maximum atomic E-state index is 11.0. The van der Waals surface area contributed by atoms with Crippen LogP contribution in [0.3, 0.4) is 0 Å². The van der Waals surface area contributed by atoms with Crippen molar-refractivity contribution >= 4 is 16.7 Å². The molecule has 2 aromatic rings. The van der Waals surface area contributed by atoms with Gasteiger partial charge < -0.3 is 0 Å². The highest BCUT2D eigenvalue weighted by atomic mass is 16.1. The number of nitrogens with zero attached hydrogens (tertiary/aromatic N) is 2. The summed E-state index contributed by atoms with van der Waals surface area (Å²) < 4.78 is 0.